The number of hydrazone groups is 1. The molecule has 0 unspecified atom stereocenters. The van der Waals surface area contributed by atoms with Gasteiger partial charge in [0.1, 0.15) is 12.4 Å². The molecule has 1 N–H and O–H groups in total. The number of anilines is 1. The fourth-order valence-corrected chi connectivity index (χ4v) is 3.46. The number of halogens is 1. The highest BCUT2D eigenvalue weighted by Crippen LogP contribution is 2.24. The number of ether oxygens (including phenoxy) is 1. The normalized spacial score (nSPS) is 10.9. The summed E-state index contributed by atoms with van der Waals surface area (Å²) in [6.45, 7) is 0.484. The minimum absolute atomic E-state index is 0.484. The summed E-state index contributed by atoms with van der Waals surface area (Å²) in [5.41, 5.74) is 7.01. The van der Waals surface area contributed by atoms with E-state index in [9.17, 15) is 0 Å². The molecule has 4 aromatic rings. The maximum Gasteiger partial charge on any atom is 0.203 e. The second kappa shape index (κ2) is 9.37. The van der Waals surface area contributed by atoms with Gasteiger partial charge in [0, 0.05) is 16.0 Å². The molecular weight excluding hydrogens is 402 g/mol. The van der Waals surface area contributed by atoms with E-state index in [1.54, 1.807) is 6.21 Å². The third-order valence-corrected chi connectivity index (χ3v) is 5.12. The number of nitrogens with one attached hydrogen (secondary N) is 1. The van der Waals surface area contributed by atoms with Crippen LogP contribution in [0.3, 0.4) is 0 Å². The second-order valence-electron chi connectivity index (χ2n) is 6.26. The van der Waals surface area contributed by atoms with Crippen LogP contribution in [0, 0.1) is 0 Å². The van der Waals surface area contributed by atoms with Crippen molar-refractivity contribution < 1.29 is 4.74 Å². The van der Waals surface area contributed by atoms with E-state index >= 15 is 0 Å². The number of hydrogen-bond donors (Lipinski definition) is 1. The van der Waals surface area contributed by atoms with E-state index < -0.39 is 0 Å². The summed E-state index contributed by atoms with van der Waals surface area (Å²) in [6, 6.07) is 25.5. The van der Waals surface area contributed by atoms with Crippen molar-refractivity contribution >= 4 is 34.3 Å². The van der Waals surface area contributed by atoms with Gasteiger partial charge in [0.15, 0.2) is 0 Å². The van der Waals surface area contributed by atoms with E-state index in [0.717, 1.165) is 38.3 Å². The van der Waals surface area contributed by atoms with E-state index in [1.807, 2.05) is 84.2 Å². The van der Waals surface area contributed by atoms with Gasteiger partial charge in [-0.25, -0.2) is 4.98 Å². The lowest BCUT2D eigenvalue weighted by Gasteiger charge is -2.07. The summed E-state index contributed by atoms with van der Waals surface area (Å²) in [5.74, 6) is 0.782. The number of nitrogens with zero attached hydrogens (tertiary/aromatic N) is 2. The Labute approximate surface area is 178 Å². The van der Waals surface area contributed by atoms with Gasteiger partial charge >= 0.3 is 0 Å². The Morgan fingerprint density at radius 2 is 1.83 bits per heavy atom. The van der Waals surface area contributed by atoms with Crippen LogP contribution in [-0.4, -0.2) is 11.2 Å². The topological polar surface area (TPSA) is 46.5 Å². The zero-order chi connectivity index (χ0) is 19.9. The summed E-state index contributed by atoms with van der Waals surface area (Å²) in [7, 11) is 0. The van der Waals surface area contributed by atoms with Crippen LogP contribution < -0.4 is 10.2 Å². The molecule has 0 radical (unpaired) electrons. The summed E-state index contributed by atoms with van der Waals surface area (Å²) in [5, 5.41) is 7.77. The average molecular weight is 420 g/mol. The maximum absolute atomic E-state index is 5.91. The van der Waals surface area contributed by atoms with Gasteiger partial charge in [-0.3, -0.25) is 5.43 Å². The molecule has 0 saturated heterocycles. The summed E-state index contributed by atoms with van der Waals surface area (Å²) >= 11 is 7.43. The van der Waals surface area contributed by atoms with Gasteiger partial charge < -0.3 is 4.74 Å². The molecule has 144 valence electrons. The monoisotopic (exact) mass is 419 g/mol. The predicted molar refractivity (Wildman–Crippen MR) is 121 cm³/mol. The molecule has 4 nitrogen and oxygen atoms in total. The molecule has 0 bridgehead atoms. The minimum atomic E-state index is 0.484. The van der Waals surface area contributed by atoms with Crippen molar-refractivity contribution in [3.8, 4) is 17.0 Å². The fraction of sp³-hybridized carbons (Fsp3) is 0.0435. The average Bonchev–Trinajstić information content (AvgIpc) is 3.23. The molecule has 0 fully saturated rings. The maximum atomic E-state index is 5.91. The lowest BCUT2D eigenvalue weighted by atomic mass is 10.2. The third kappa shape index (κ3) is 5.44. The molecule has 0 aliphatic rings. The SMILES string of the molecule is Clc1ccc(COc2cccc(C=NNc3nc(-c4ccccc4)cs3)c2)cc1. The van der Waals surface area contributed by atoms with Crippen molar-refractivity contribution in [3.05, 3.63) is 100 Å². The molecule has 1 aromatic heterocycles. The molecule has 0 spiro atoms. The van der Waals surface area contributed by atoms with Gasteiger partial charge in [0.25, 0.3) is 0 Å². The molecule has 3 aromatic carbocycles. The smallest absolute Gasteiger partial charge is 0.203 e. The molecule has 0 atom stereocenters. The van der Waals surface area contributed by atoms with Crippen molar-refractivity contribution in [2.75, 3.05) is 5.43 Å². The number of rotatable bonds is 7. The molecule has 0 aliphatic heterocycles. The largest absolute Gasteiger partial charge is 0.489 e. The lowest BCUT2D eigenvalue weighted by molar-refractivity contribution is 0.306. The van der Waals surface area contributed by atoms with Crippen molar-refractivity contribution in [2.24, 2.45) is 5.10 Å². The Morgan fingerprint density at radius 3 is 2.66 bits per heavy atom. The molecule has 29 heavy (non-hydrogen) atoms. The Kier molecular flexibility index (Phi) is 6.19. The molecular formula is C23H18ClN3OS. The lowest BCUT2D eigenvalue weighted by Crippen LogP contribution is -1.96. The molecule has 6 heteroatoms. The summed E-state index contributed by atoms with van der Waals surface area (Å²) in [6.07, 6.45) is 1.75. The van der Waals surface area contributed by atoms with E-state index in [1.165, 1.54) is 11.3 Å². The highest BCUT2D eigenvalue weighted by atomic mass is 35.5. The Morgan fingerprint density at radius 1 is 1.00 bits per heavy atom. The van der Waals surface area contributed by atoms with Crippen LogP contribution in [0.1, 0.15) is 11.1 Å². The first kappa shape index (κ1) is 19.2. The van der Waals surface area contributed by atoms with Gasteiger partial charge in [-0.2, -0.15) is 5.10 Å². The van der Waals surface area contributed by atoms with Crippen molar-refractivity contribution in [1.29, 1.82) is 0 Å². The Balaban J connectivity index is 1.35. The molecule has 4 rings (SSSR count). The number of hydrogen-bond acceptors (Lipinski definition) is 5. The predicted octanol–water partition coefficient (Wildman–Crippen LogP) is 6.49. The van der Waals surface area contributed by atoms with Crippen molar-refractivity contribution in [2.45, 2.75) is 6.61 Å². The first-order chi connectivity index (χ1) is 14.3. The summed E-state index contributed by atoms with van der Waals surface area (Å²) < 4.78 is 5.85. The van der Waals surface area contributed by atoms with Gasteiger partial charge in [-0.05, 0) is 35.4 Å². The van der Waals surface area contributed by atoms with Crippen molar-refractivity contribution in [1.82, 2.24) is 4.98 Å². The first-order valence-corrected chi connectivity index (χ1v) is 10.3. The zero-order valence-electron chi connectivity index (χ0n) is 15.5. The van der Waals surface area contributed by atoms with Crippen LogP contribution in [-0.2, 0) is 6.61 Å². The van der Waals surface area contributed by atoms with Crippen LogP contribution in [0.4, 0.5) is 5.13 Å². The van der Waals surface area contributed by atoms with Crippen LogP contribution in [0.2, 0.25) is 5.02 Å². The highest BCUT2D eigenvalue weighted by molar-refractivity contribution is 7.14. The third-order valence-electron chi connectivity index (χ3n) is 4.12. The Bertz CT molecular complexity index is 1090. The molecule has 0 amide bonds. The number of benzene rings is 3. The number of aromatic nitrogens is 1. The zero-order valence-corrected chi connectivity index (χ0v) is 17.0. The quantitative estimate of drug-likeness (QED) is 0.275. The first-order valence-electron chi connectivity index (χ1n) is 9.03. The van der Waals surface area contributed by atoms with E-state index in [-0.39, 0.29) is 0 Å². The minimum Gasteiger partial charge on any atom is -0.489 e. The number of thiazole rings is 1. The highest BCUT2D eigenvalue weighted by Gasteiger charge is 2.03. The molecule has 0 aliphatic carbocycles. The Hall–Kier alpha value is -3.15. The molecule has 0 saturated carbocycles. The van der Waals surface area contributed by atoms with Gasteiger partial charge in [0.2, 0.25) is 5.13 Å². The second-order valence-corrected chi connectivity index (χ2v) is 7.56. The van der Waals surface area contributed by atoms with Gasteiger partial charge in [0.05, 0.1) is 11.9 Å². The van der Waals surface area contributed by atoms with Crippen LogP contribution in [0.5, 0.6) is 5.75 Å². The van der Waals surface area contributed by atoms with Crippen LogP contribution in [0.25, 0.3) is 11.3 Å². The van der Waals surface area contributed by atoms with Gasteiger partial charge in [-0.15, -0.1) is 11.3 Å². The van der Waals surface area contributed by atoms with Crippen LogP contribution >= 0.6 is 22.9 Å². The molecule has 1 heterocycles. The van der Waals surface area contributed by atoms with E-state index in [2.05, 4.69) is 15.5 Å². The fourth-order valence-electron chi connectivity index (χ4n) is 2.66. The van der Waals surface area contributed by atoms with Gasteiger partial charge in [-0.1, -0.05) is 66.2 Å². The van der Waals surface area contributed by atoms with Crippen molar-refractivity contribution in [3.63, 3.8) is 0 Å². The summed E-state index contributed by atoms with van der Waals surface area (Å²) in [4.78, 5) is 4.56. The van der Waals surface area contributed by atoms with Crippen LogP contribution in [0.15, 0.2) is 89.3 Å². The van der Waals surface area contributed by atoms with E-state index in [4.69, 9.17) is 16.3 Å². The standard InChI is InChI=1S/C23H18ClN3OS/c24-20-11-9-17(10-12-20)15-28-21-8-4-5-18(13-21)14-25-27-23-26-22(16-29-23)19-6-2-1-3-7-19/h1-14,16H,15H2,(H,26,27). The van der Waals surface area contributed by atoms with E-state index in [0.29, 0.717) is 6.61 Å².